The standard InChI is InChI=1S/C15H19NO2S/c17-14-12-7-3-4-8-13(12)19-16(14)11-15(18)9-5-1-2-6-10-15/h3-4,7-8,18H,1-2,5-6,9-11H2. The Morgan fingerprint density at radius 1 is 1.16 bits per heavy atom. The second-order valence-corrected chi connectivity index (χ2v) is 6.63. The van der Waals surface area contributed by atoms with Crippen molar-refractivity contribution in [2.45, 2.75) is 50.7 Å². The largest absolute Gasteiger partial charge is 0.388 e. The van der Waals surface area contributed by atoms with Crippen molar-refractivity contribution in [1.82, 2.24) is 3.96 Å². The molecule has 1 heterocycles. The van der Waals surface area contributed by atoms with Crippen LogP contribution in [0.2, 0.25) is 0 Å². The molecule has 1 fully saturated rings. The van der Waals surface area contributed by atoms with Gasteiger partial charge in [0.25, 0.3) is 5.56 Å². The molecular formula is C15H19NO2S. The molecule has 0 aliphatic heterocycles. The van der Waals surface area contributed by atoms with E-state index in [9.17, 15) is 9.90 Å². The van der Waals surface area contributed by atoms with Crippen LogP contribution in [-0.2, 0) is 6.54 Å². The van der Waals surface area contributed by atoms with Gasteiger partial charge in [0, 0.05) is 0 Å². The Kier molecular flexibility index (Phi) is 3.46. The molecule has 0 unspecified atom stereocenters. The van der Waals surface area contributed by atoms with Crippen LogP contribution in [0.1, 0.15) is 38.5 Å². The van der Waals surface area contributed by atoms with Crippen LogP contribution < -0.4 is 5.56 Å². The van der Waals surface area contributed by atoms with Crippen molar-refractivity contribution in [2.75, 3.05) is 0 Å². The Bertz CT molecular complexity index is 620. The van der Waals surface area contributed by atoms with Gasteiger partial charge in [-0.15, -0.1) is 0 Å². The molecule has 19 heavy (non-hydrogen) atoms. The molecule has 3 nitrogen and oxygen atoms in total. The van der Waals surface area contributed by atoms with E-state index in [1.165, 1.54) is 24.4 Å². The van der Waals surface area contributed by atoms with Crippen molar-refractivity contribution in [2.24, 2.45) is 0 Å². The summed E-state index contributed by atoms with van der Waals surface area (Å²) < 4.78 is 2.74. The third-order valence-corrected chi connectivity index (χ3v) is 5.09. The molecule has 0 atom stereocenters. The minimum Gasteiger partial charge on any atom is -0.388 e. The van der Waals surface area contributed by atoms with E-state index < -0.39 is 5.60 Å². The van der Waals surface area contributed by atoms with Gasteiger partial charge in [0.15, 0.2) is 0 Å². The molecule has 1 aliphatic carbocycles. The van der Waals surface area contributed by atoms with Gasteiger partial charge in [0.05, 0.1) is 22.2 Å². The van der Waals surface area contributed by atoms with Gasteiger partial charge in [0.1, 0.15) is 0 Å². The zero-order chi connectivity index (χ0) is 13.3. The first kappa shape index (κ1) is 12.9. The molecule has 0 radical (unpaired) electrons. The first-order chi connectivity index (χ1) is 9.18. The lowest BCUT2D eigenvalue weighted by molar-refractivity contribution is 0.0101. The molecule has 3 rings (SSSR count). The fraction of sp³-hybridized carbons (Fsp3) is 0.533. The fourth-order valence-electron chi connectivity index (χ4n) is 2.93. The summed E-state index contributed by atoms with van der Waals surface area (Å²) in [5.74, 6) is 0. The molecule has 1 aliphatic rings. The molecular weight excluding hydrogens is 258 g/mol. The number of rotatable bonds is 2. The highest BCUT2D eigenvalue weighted by Crippen LogP contribution is 2.29. The molecule has 0 saturated heterocycles. The van der Waals surface area contributed by atoms with Gasteiger partial charge in [-0.3, -0.25) is 8.75 Å². The highest BCUT2D eigenvalue weighted by Gasteiger charge is 2.29. The van der Waals surface area contributed by atoms with Crippen LogP contribution in [0.5, 0.6) is 0 Å². The lowest BCUT2D eigenvalue weighted by atomic mass is 9.95. The first-order valence-corrected chi connectivity index (χ1v) is 7.77. The number of fused-ring (bicyclic) bond motifs is 1. The van der Waals surface area contributed by atoms with E-state index in [0.717, 1.165) is 35.8 Å². The summed E-state index contributed by atoms with van der Waals surface area (Å²) in [6, 6.07) is 7.67. The average Bonchev–Trinajstić information content (AvgIpc) is 2.58. The molecule has 0 bridgehead atoms. The van der Waals surface area contributed by atoms with Gasteiger partial charge in [-0.2, -0.15) is 0 Å². The van der Waals surface area contributed by atoms with Crippen molar-refractivity contribution < 1.29 is 5.11 Å². The van der Waals surface area contributed by atoms with Gasteiger partial charge >= 0.3 is 0 Å². The maximum absolute atomic E-state index is 12.3. The van der Waals surface area contributed by atoms with Crippen molar-refractivity contribution in [3.05, 3.63) is 34.6 Å². The lowest BCUT2D eigenvalue weighted by Gasteiger charge is -2.26. The topological polar surface area (TPSA) is 42.2 Å². The van der Waals surface area contributed by atoms with Crippen molar-refractivity contribution in [3.8, 4) is 0 Å². The quantitative estimate of drug-likeness (QED) is 0.857. The zero-order valence-electron chi connectivity index (χ0n) is 11.0. The maximum atomic E-state index is 12.3. The third kappa shape index (κ3) is 2.60. The Hall–Kier alpha value is -1.13. The smallest absolute Gasteiger partial charge is 0.268 e. The number of hydrogen-bond donors (Lipinski definition) is 1. The minimum absolute atomic E-state index is 0.0401. The highest BCUT2D eigenvalue weighted by molar-refractivity contribution is 7.13. The summed E-state index contributed by atoms with van der Waals surface area (Å²) >= 11 is 1.47. The van der Waals surface area contributed by atoms with Gasteiger partial charge in [-0.25, -0.2) is 0 Å². The number of benzene rings is 1. The summed E-state index contributed by atoms with van der Waals surface area (Å²) in [5.41, 5.74) is -0.653. The summed E-state index contributed by atoms with van der Waals surface area (Å²) in [6.45, 7) is 0.450. The van der Waals surface area contributed by atoms with E-state index in [4.69, 9.17) is 0 Å². The molecule has 1 aromatic heterocycles. The zero-order valence-corrected chi connectivity index (χ0v) is 11.8. The fourth-order valence-corrected chi connectivity index (χ4v) is 4.05. The van der Waals surface area contributed by atoms with E-state index in [0.29, 0.717) is 6.54 Å². The number of aromatic nitrogens is 1. The van der Waals surface area contributed by atoms with E-state index in [1.807, 2.05) is 24.3 Å². The van der Waals surface area contributed by atoms with E-state index in [-0.39, 0.29) is 5.56 Å². The van der Waals surface area contributed by atoms with Crippen LogP contribution in [-0.4, -0.2) is 14.7 Å². The Labute approximate surface area is 116 Å². The predicted octanol–water partition coefficient (Wildman–Crippen LogP) is 3.15. The van der Waals surface area contributed by atoms with Gasteiger partial charge in [-0.05, 0) is 25.0 Å². The Balaban J connectivity index is 1.92. The monoisotopic (exact) mass is 277 g/mol. The lowest BCUT2D eigenvalue weighted by Crippen LogP contribution is -2.35. The second kappa shape index (κ2) is 5.10. The van der Waals surface area contributed by atoms with Crippen molar-refractivity contribution in [1.29, 1.82) is 0 Å². The number of hydrogen-bond acceptors (Lipinski definition) is 3. The second-order valence-electron chi connectivity index (χ2n) is 5.57. The van der Waals surface area contributed by atoms with E-state index in [1.54, 1.807) is 3.96 Å². The van der Waals surface area contributed by atoms with E-state index >= 15 is 0 Å². The summed E-state index contributed by atoms with van der Waals surface area (Å²) in [5, 5.41) is 11.5. The average molecular weight is 277 g/mol. The summed E-state index contributed by atoms with van der Waals surface area (Å²) in [4.78, 5) is 12.3. The molecule has 0 amide bonds. The molecule has 0 spiro atoms. The summed E-state index contributed by atoms with van der Waals surface area (Å²) in [7, 11) is 0. The van der Waals surface area contributed by atoms with Crippen LogP contribution in [0.4, 0.5) is 0 Å². The first-order valence-electron chi connectivity index (χ1n) is 6.99. The molecule has 1 aromatic carbocycles. The number of aliphatic hydroxyl groups is 1. The van der Waals surface area contributed by atoms with Gasteiger partial charge in [-0.1, -0.05) is 49.3 Å². The van der Waals surface area contributed by atoms with Crippen LogP contribution >= 0.6 is 11.5 Å². The molecule has 102 valence electrons. The molecule has 2 aromatic rings. The SMILES string of the molecule is O=c1c2ccccc2sn1CC1(O)CCCCCC1. The third-order valence-electron chi connectivity index (χ3n) is 4.02. The van der Waals surface area contributed by atoms with E-state index in [2.05, 4.69) is 0 Å². The van der Waals surface area contributed by atoms with Crippen LogP contribution in [0, 0.1) is 0 Å². The Morgan fingerprint density at radius 2 is 1.84 bits per heavy atom. The van der Waals surface area contributed by atoms with Crippen molar-refractivity contribution in [3.63, 3.8) is 0 Å². The maximum Gasteiger partial charge on any atom is 0.268 e. The minimum atomic E-state index is -0.693. The van der Waals surface area contributed by atoms with Gasteiger partial charge < -0.3 is 5.11 Å². The molecule has 1 N–H and O–H groups in total. The van der Waals surface area contributed by atoms with Crippen LogP contribution in [0.15, 0.2) is 29.1 Å². The van der Waals surface area contributed by atoms with Crippen LogP contribution in [0.25, 0.3) is 10.1 Å². The van der Waals surface area contributed by atoms with Crippen molar-refractivity contribution >= 4 is 21.6 Å². The highest BCUT2D eigenvalue weighted by atomic mass is 32.1. The Morgan fingerprint density at radius 3 is 2.53 bits per heavy atom. The predicted molar refractivity (Wildman–Crippen MR) is 78.7 cm³/mol. The molecule has 4 heteroatoms. The van der Waals surface area contributed by atoms with Crippen LogP contribution in [0.3, 0.4) is 0 Å². The number of nitrogens with zero attached hydrogens (tertiary/aromatic N) is 1. The molecule has 1 saturated carbocycles. The summed E-state index contributed by atoms with van der Waals surface area (Å²) in [6.07, 6.45) is 6.15. The van der Waals surface area contributed by atoms with Gasteiger partial charge in [0.2, 0.25) is 0 Å². The normalized spacial score (nSPS) is 19.4.